The van der Waals surface area contributed by atoms with Crippen molar-refractivity contribution in [2.75, 3.05) is 10.6 Å². The van der Waals surface area contributed by atoms with Gasteiger partial charge >= 0.3 is 0 Å². The Bertz CT molecular complexity index is 1050. The molecular weight excluding hydrogens is 338 g/mol. The van der Waals surface area contributed by atoms with Gasteiger partial charge in [-0.1, -0.05) is 23.8 Å². The standard InChI is InChI=1S/C21H19N5O/c1-13-7-8-18(14(2)9-13)25-21-23-15(3)10-19(26-21)20(27)24-17-6-4-5-16(11-17)12-22/h4-11H,1-3H3,(H,24,27)(H,23,25,26). The molecule has 0 aliphatic rings. The lowest BCUT2D eigenvalue weighted by Gasteiger charge is -2.11. The zero-order valence-corrected chi connectivity index (χ0v) is 15.4. The highest BCUT2D eigenvalue weighted by Gasteiger charge is 2.12. The molecule has 0 atom stereocenters. The maximum absolute atomic E-state index is 12.6. The van der Waals surface area contributed by atoms with Crippen molar-refractivity contribution >= 4 is 23.2 Å². The van der Waals surface area contributed by atoms with E-state index in [4.69, 9.17) is 5.26 Å². The third-order valence-corrected chi connectivity index (χ3v) is 3.96. The lowest BCUT2D eigenvalue weighted by atomic mass is 10.1. The van der Waals surface area contributed by atoms with E-state index >= 15 is 0 Å². The van der Waals surface area contributed by atoms with Crippen molar-refractivity contribution < 1.29 is 4.79 Å². The lowest BCUT2D eigenvalue weighted by Crippen LogP contribution is -2.15. The van der Waals surface area contributed by atoms with Crippen LogP contribution in [0, 0.1) is 32.1 Å². The van der Waals surface area contributed by atoms with Crippen molar-refractivity contribution in [3.8, 4) is 6.07 Å². The smallest absolute Gasteiger partial charge is 0.274 e. The van der Waals surface area contributed by atoms with Crippen molar-refractivity contribution in [1.29, 1.82) is 5.26 Å². The van der Waals surface area contributed by atoms with Crippen molar-refractivity contribution in [2.45, 2.75) is 20.8 Å². The van der Waals surface area contributed by atoms with E-state index in [1.165, 1.54) is 5.56 Å². The summed E-state index contributed by atoms with van der Waals surface area (Å²) in [6.45, 7) is 5.84. The Morgan fingerprint density at radius 3 is 2.59 bits per heavy atom. The van der Waals surface area contributed by atoms with E-state index in [9.17, 15) is 4.79 Å². The van der Waals surface area contributed by atoms with E-state index in [0.29, 0.717) is 22.9 Å². The Morgan fingerprint density at radius 1 is 1.04 bits per heavy atom. The molecule has 6 heteroatoms. The Morgan fingerprint density at radius 2 is 1.85 bits per heavy atom. The first-order chi connectivity index (χ1) is 12.9. The molecule has 0 aliphatic heterocycles. The zero-order chi connectivity index (χ0) is 19.4. The van der Waals surface area contributed by atoms with Crippen LogP contribution in [-0.4, -0.2) is 15.9 Å². The number of rotatable bonds is 4. The Labute approximate surface area is 157 Å². The first kappa shape index (κ1) is 18.1. The van der Waals surface area contributed by atoms with Crippen LogP contribution in [0.25, 0.3) is 0 Å². The van der Waals surface area contributed by atoms with Gasteiger partial charge in [-0.25, -0.2) is 9.97 Å². The molecule has 2 aromatic carbocycles. The van der Waals surface area contributed by atoms with Gasteiger partial charge in [-0.05, 0) is 56.7 Å². The van der Waals surface area contributed by atoms with Crippen LogP contribution in [0.5, 0.6) is 0 Å². The molecule has 27 heavy (non-hydrogen) atoms. The largest absolute Gasteiger partial charge is 0.324 e. The van der Waals surface area contributed by atoms with Crippen LogP contribution < -0.4 is 10.6 Å². The maximum Gasteiger partial charge on any atom is 0.274 e. The molecule has 3 rings (SSSR count). The van der Waals surface area contributed by atoms with Crippen molar-refractivity contribution in [1.82, 2.24) is 9.97 Å². The van der Waals surface area contributed by atoms with Gasteiger partial charge in [0.25, 0.3) is 5.91 Å². The Balaban J connectivity index is 1.84. The Kier molecular flexibility index (Phi) is 5.13. The topological polar surface area (TPSA) is 90.7 Å². The molecule has 3 aromatic rings. The summed E-state index contributed by atoms with van der Waals surface area (Å²) in [7, 11) is 0. The summed E-state index contributed by atoms with van der Waals surface area (Å²) in [6.07, 6.45) is 0. The number of nitriles is 1. The van der Waals surface area contributed by atoms with E-state index in [1.54, 1.807) is 30.3 Å². The van der Waals surface area contributed by atoms with Crippen LogP contribution in [0.2, 0.25) is 0 Å². The first-order valence-electron chi connectivity index (χ1n) is 8.46. The van der Waals surface area contributed by atoms with Crippen LogP contribution >= 0.6 is 0 Å². The molecule has 1 amide bonds. The fourth-order valence-electron chi connectivity index (χ4n) is 2.68. The second kappa shape index (κ2) is 7.67. The van der Waals surface area contributed by atoms with Gasteiger partial charge in [0.2, 0.25) is 5.95 Å². The van der Waals surface area contributed by atoms with Crippen LogP contribution in [-0.2, 0) is 0 Å². The predicted molar refractivity (Wildman–Crippen MR) is 105 cm³/mol. The molecule has 0 radical (unpaired) electrons. The minimum Gasteiger partial charge on any atom is -0.324 e. The molecule has 0 spiro atoms. The van der Waals surface area contributed by atoms with E-state index in [0.717, 1.165) is 11.3 Å². The van der Waals surface area contributed by atoms with Crippen molar-refractivity contribution in [2.24, 2.45) is 0 Å². The minimum atomic E-state index is -0.362. The summed E-state index contributed by atoms with van der Waals surface area (Å²) in [5, 5.41) is 14.9. The molecule has 0 saturated carbocycles. The van der Waals surface area contributed by atoms with Crippen LogP contribution in [0.4, 0.5) is 17.3 Å². The molecule has 0 unspecified atom stereocenters. The molecule has 0 saturated heterocycles. The molecule has 1 heterocycles. The fraction of sp³-hybridized carbons (Fsp3) is 0.143. The van der Waals surface area contributed by atoms with E-state index in [-0.39, 0.29) is 11.6 Å². The van der Waals surface area contributed by atoms with E-state index < -0.39 is 0 Å². The van der Waals surface area contributed by atoms with Crippen LogP contribution in [0.3, 0.4) is 0 Å². The van der Waals surface area contributed by atoms with Crippen LogP contribution in [0.1, 0.15) is 32.9 Å². The van der Waals surface area contributed by atoms with Gasteiger partial charge in [0.1, 0.15) is 5.69 Å². The summed E-state index contributed by atoms with van der Waals surface area (Å²) < 4.78 is 0. The lowest BCUT2D eigenvalue weighted by molar-refractivity contribution is 0.102. The number of nitrogens with zero attached hydrogens (tertiary/aromatic N) is 3. The molecule has 134 valence electrons. The second-order valence-electron chi connectivity index (χ2n) is 6.31. The van der Waals surface area contributed by atoms with Crippen molar-refractivity contribution in [3.05, 3.63) is 76.6 Å². The molecule has 0 bridgehead atoms. The van der Waals surface area contributed by atoms with E-state index in [2.05, 4.69) is 26.7 Å². The summed E-state index contributed by atoms with van der Waals surface area (Å²) in [5.74, 6) is -0.00264. The number of hydrogen-bond acceptors (Lipinski definition) is 5. The fourth-order valence-corrected chi connectivity index (χ4v) is 2.68. The normalized spacial score (nSPS) is 10.1. The van der Waals surface area contributed by atoms with Gasteiger partial charge in [0.05, 0.1) is 11.6 Å². The maximum atomic E-state index is 12.6. The second-order valence-corrected chi connectivity index (χ2v) is 6.31. The first-order valence-corrected chi connectivity index (χ1v) is 8.46. The molecule has 6 nitrogen and oxygen atoms in total. The average molecular weight is 357 g/mol. The van der Waals surface area contributed by atoms with Gasteiger partial charge in [-0.15, -0.1) is 0 Å². The average Bonchev–Trinajstić information content (AvgIpc) is 2.64. The minimum absolute atomic E-state index is 0.247. The zero-order valence-electron chi connectivity index (χ0n) is 15.4. The summed E-state index contributed by atoms with van der Waals surface area (Å²) in [6, 6.07) is 16.4. The number of aryl methyl sites for hydroxylation is 3. The van der Waals surface area contributed by atoms with Gasteiger partial charge in [-0.2, -0.15) is 5.26 Å². The van der Waals surface area contributed by atoms with Crippen LogP contribution in [0.15, 0.2) is 48.5 Å². The quantitative estimate of drug-likeness (QED) is 0.728. The van der Waals surface area contributed by atoms with Gasteiger partial charge < -0.3 is 10.6 Å². The van der Waals surface area contributed by atoms with Gasteiger partial charge in [0, 0.05) is 17.1 Å². The highest BCUT2D eigenvalue weighted by Crippen LogP contribution is 2.20. The monoisotopic (exact) mass is 357 g/mol. The molecule has 1 aromatic heterocycles. The summed E-state index contributed by atoms with van der Waals surface area (Å²) >= 11 is 0. The number of nitrogens with one attached hydrogen (secondary N) is 2. The molecule has 0 aliphatic carbocycles. The molecule has 0 fully saturated rings. The molecule has 2 N–H and O–H groups in total. The number of hydrogen-bond donors (Lipinski definition) is 2. The third-order valence-electron chi connectivity index (χ3n) is 3.96. The number of amides is 1. The highest BCUT2D eigenvalue weighted by molar-refractivity contribution is 6.03. The van der Waals surface area contributed by atoms with Gasteiger partial charge in [-0.3, -0.25) is 4.79 Å². The predicted octanol–water partition coefficient (Wildman–Crippen LogP) is 4.27. The number of carbonyl (C=O) groups excluding carboxylic acids is 1. The third kappa shape index (κ3) is 4.47. The molecular formula is C21H19N5O. The summed E-state index contributed by atoms with van der Waals surface area (Å²) in [5.41, 5.74) is 5.06. The van der Waals surface area contributed by atoms with Crippen molar-refractivity contribution in [3.63, 3.8) is 0 Å². The van der Waals surface area contributed by atoms with Gasteiger partial charge in [0.15, 0.2) is 0 Å². The highest BCUT2D eigenvalue weighted by atomic mass is 16.1. The summed E-state index contributed by atoms with van der Waals surface area (Å²) in [4.78, 5) is 21.3. The number of anilines is 3. The number of aromatic nitrogens is 2. The van der Waals surface area contributed by atoms with E-state index in [1.807, 2.05) is 39.0 Å². The number of carbonyl (C=O) groups is 1. The SMILES string of the molecule is Cc1ccc(Nc2nc(C)cc(C(=O)Nc3cccc(C#N)c3)n2)c(C)c1. The number of benzene rings is 2. The Hall–Kier alpha value is -3.72.